The lowest BCUT2D eigenvalue weighted by molar-refractivity contribution is 0.276. The molecule has 1 aliphatic heterocycles. The van der Waals surface area contributed by atoms with Gasteiger partial charge in [0.2, 0.25) is 0 Å². The van der Waals surface area contributed by atoms with Gasteiger partial charge in [-0.05, 0) is 41.5 Å². The molecule has 0 spiro atoms. The number of nitrogens with one attached hydrogen (secondary N) is 1. The Hall–Kier alpha value is -3.13. The molecular weight excluding hydrogens is 339 g/mol. The second-order valence-electron chi connectivity index (χ2n) is 8.16. The van der Waals surface area contributed by atoms with Gasteiger partial charge in [0.1, 0.15) is 5.69 Å². The van der Waals surface area contributed by atoms with Gasteiger partial charge in [-0.2, -0.15) is 5.26 Å². The summed E-state index contributed by atoms with van der Waals surface area (Å²) in [4.78, 5) is 4.59. The molecule has 4 nitrogen and oxygen atoms in total. The van der Waals surface area contributed by atoms with Crippen LogP contribution in [0.5, 0.6) is 0 Å². The lowest BCUT2D eigenvalue weighted by Gasteiger charge is -2.38. The highest BCUT2D eigenvalue weighted by Crippen LogP contribution is 2.46. The van der Waals surface area contributed by atoms with Crippen molar-refractivity contribution in [2.45, 2.75) is 27.2 Å². The van der Waals surface area contributed by atoms with Crippen molar-refractivity contribution in [1.82, 2.24) is 14.7 Å². The third kappa shape index (κ3) is 2.52. The lowest BCUT2D eigenvalue weighted by Crippen LogP contribution is -2.33. The first-order chi connectivity index (χ1) is 12.7. The van der Waals surface area contributed by atoms with Crippen LogP contribution < -0.4 is 5.32 Å². The Morgan fingerprint density at radius 3 is 2.85 bits per heavy atom. The molecule has 2 aromatic rings. The number of nitrogens with zero attached hydrogens (tertiary/aromatic N) is 3. The first kappa shape index (κ1) is 17.3. The Balaban J connectivity index is 2.02. The molecule has 1 aliphatic carbocycles. The number of fused-ring (bicyclic) bond motifs is 4. The molecule has 0 fully saturated rings. The minimum Gasteiger partial charge on any atom is -0.353 e. The summed E-state index contributed by atoms with van der Waals surface area (Å²) in [5.41, 5.74) is 5.63. The summed E-state index contributed by atoms with van der Waals surface area (Å²) in [6, 6.07) is 5.23. The molecule has 1 N–H and O–H groups in total. The Morgan fingerprint density at radius 1 is 1.44 bits per heavy atom. The van der Waals surface area contributed by atoms with Crippen molar-refractivity contribution in [3.63, 3.8) is 0 Å². The highest BCUT2D eigenvalue weighted by Gasteiger charge is 2.38. The van der Waals surface area contributed by atoms with Crippen molar-refractivity contribution >= 4 is 11.3 Å². The van der Waals surface area contributed by atoms with E-state index in [1.807, 2.05) is 16.7 Å². The first-order valence-electron chi connectivity index (χ1n) is 8.89. The van der Waals surface area contributed by atoms with Crippen LogP contribution in [0.15, 0.2) is 60.0 Å². The number of nitriles is 1. The van der Waals surface area contributed by atoms with Crippen LogP contribution in [-0.2, 0) is 6.42 Å². The van der Waals surface area contributed by atoms with Crippen LogP contribution in [0.3, 0.4) is 0 Å². The van der Waals surface area contributed by atoms with Gasteiger partial charge in [-0.3, -0.25) is 0 Å². The van der Waals surface area contributed by atoms with Crippen LogP contribution in [0.1, 0.15) is 32.2 Å². The molecule has 4 rings (SSSR count). The number of aromatic nitrogens is 2. The summed E-state index contributed by atoms with van der Waals surface area (Å²) < 4.78 is 16.2. The summed E-state index contributed by atoms with van der Waals surface area (Å²) in [6.07, 6.45) is 4.59. The molecule has 1 atom stereocenters. The summed E-state index contributed by atoms with van der Waals surface area (Å²) in [5, 5.41) is 12.6. The molecule has 2 aromatic heterocycles. The zero-order valence-corrected chi connectivity index (χ0v) is 15.7. The van der Waals surface area contributed by atoms with Gasteiger partial charge >= 0.3 is 0 Å². The molecule has 1 unspecified atom stereocenters. The Bertz CT molecular complexity index is 1120. The average Bonchev–Trinajstić information content (AvgIpc) is 2.99. The van der Waals surface area contributed by atoms with Crippen LogP contribution in [-0.4, -0.2) is 9.38 Å². The van der Waals surface area contributed by atoms with Gasteiger partial charge in [0.05, 0.1) is 23.0 Å². The summed E-state index contributed by atoms with van der Waals surface area (Å²) in [6.45, 7) is 14.5. The number of hydrogen-bond acceptors (Lipinski definition) is 3. The largest absolute Gasteiger partial charge is 0.353 e. The smallest absolute Gasteiger partial charge is 0.174 e. The predicted molar refractivity (Wildman–Crippen MR) is 104 cm³/mol. The van der Waals surface area contributed by atoms with Crippen molar-refractivity contribution in [2.75, 3.05) is 0 Å². The molecule has 0 radical (unpaired) electrons. The fraction of sp³-hybridized carbons (Fsp3) is 0.273. The highest BCUT2D eigenvalue weighted by atomic mass is 19.1. The number of hydrogen-bond donors (Lipinski definition) is 1. The third-order valence-corrected chi connectivity index (χ3v) is 5.41. The van der Waals surface area contributed by atoms with Gasteiger partial charge in [-0.15, -0.1) is 0 Å². The van der Waals surface area contributed by atoms with E-state index in [4.69, 9.17) is 0 Å². The first-order valence-corrected chi connectivity index (χ1v) is 8.89. The monoisotopic (exact) mass is 360 g/mol. The zero-order valence-electron chi connectivity index (χ0n) is 15.7. The molecule has 0 saturated heterocycles. The Labute approximate surface area is 158 Å². The van der Waals surface area contributed by atoms with Gasteiger partial charge < -0.3 is 9.72 Å². The topological polar surface area (TPSA) is 53.1 Å². The van der Waals surface area contributed by atoms with Gasteiger partial charge in [0, 0.05) is 17.5 Å². The minimum atomic E-state index is -0.343. The molecule has 27 heavy (non-hydrogen) atoms. The molecule has 136 valence electrons. The maximum Gasteiger partial charge on any atom is 0.174 e. The Kier molecular flexibility index (Phi) is 3.64. The maximum absolute atomic E-state index is 14.3. The van der Waals surface area contributed by atoms with Crippen molar-refractivity contribution < 1.29 is 4.39 Å². The van der Waals surface area contributed by atoms with E-state index in [0.29, 0.717) is 22.5 Å². The van der Waals surface area contributed by atoms with Crippen LogP contribution in [0, 0.1) is 28.5 Å². The van der Waals surface area contributed by atoms with Crippen molar-refractivity contribution in [3.05, 3.63) is 77.2 Å². The van der Waals surface area contributed by atoms with E-state index in [2.05, 4.69) is 50.3 Å². The molecule has 5 heteroatoms. The van der Waals surface area contributed by atoms with Gasteiger partial charge in [0.15, 0.2) is 11.5 Å². The molecule has 3 heterocycles. The molecule has 0 saturated carbocycles. The quantitative estimate of drug-likeness (QED) is 0.761. The second-order valence-corrected chi connectivity index (χ2v) is 8.16. The average molecular weight is 360 g/mol. The van der Waals surface area contributed by atoms with Gasteiger partial charge in [-0.1, -0.05) is 33.9 Å². The fourth-order valence-corrected chi connectivity index (χ4v) is 3.96. The van der Waals surface area contributed by atoms with E-state index >= 15 is 0 Å². The summed E-state index contributed by atoms with van der Waals surface area (Å²) in [7, 11) is 0. The SMILES string of the molecule is C=C(C#N)C1=CC2=C(NC1=C)c1nc3c(F)cccn3c1CC2C(C)(C)C. The van der Waals surface area contributed by atoms with E-state index in [9.17, 15) is 9.65 Å². The van der Waals surface area contributed by atoms with Gasteiger partial charge in [0.25, 0.3) is 0 Å². The van der Waals surface area contributed by atoms with Crippen LogP contribution in [0.25, 0.3) is 11.3 Å². The molecule has 0 amide bonds. The maximum atomic E-state index is 14.3. The number of dihydropyridines is 1. The fourth-order valence-electron chi connectivity index (χ4n) is 3.96. The molecule has 0 bridgehead atoms. The predicted octanol–water partition coefficient (Wildman–Crippen LogP) is 4.53. The molecular formula is C22H21FN4. The lowest BCUT2D eigenvalue weighted by atomic mass is 9.69. The summed E-state index contributed by atoms with van der Waals surface area (Å²) in [5.74, 6) is -0.171. The Morgan fingerprint density at radius 2 is 2.19 bits per heavy atom. The van der Waals surface area contributed by atoms with E-state index in [1.165, 1.54) is 6.07 Å². The van der Waals surface area contributed by atoms with Crippen LogP contribution in [0.4, 0.5) is 4.39 Å². The normalized spacial score (nSPS) is 19.1. The molecule has 0 aromatic carbocycles. The van der Waals surface area contributed by atoms with Crippen LogP contribution >= 0.6 is 0 Å². The van der Waals surface area contributed by atoms with Gasteiger partial charge in [-0.25, -0.2) is 9.37 Å². The van der Waals surface area contributed by atoms with E-state index in [1.54, 1.807) is 6.07 Å². The standard InChI is InChI=1S/C22H21FN4/c1-12(11-24)14-9-15-16(22(3,4)5)10-18-20(19(15)25-13(14)2)26-21-17(23)7-6-8-27(18)21/h6-9,16,25H,1-2,10H2,3-5H3. The molecule has 2 aliphatic rings. The van der Waals surface area contributed by atoms with E-state index in [0.717, 1.165) is 29.1 Å². The second kappa shape index (κ2) is 5.68. The highest BCUT2D eigenvalue weighted by molar-refractivity contribution is 5.79. The third-order valence-electron chi connectivity index (χ3n) is 5.41. The van der Waals surface area contributed by atoms with Crippen molar-refractivity contribution in [3.8, 4) is 6.07 Å². The number of imidazole rings is 1. The zero-order chi connectivity index (χ0) is 19.5. The number of allylic oxidation sites excluding steroid dienone is 3. The number of halogens is 1. The van der Waals surface area contributed by atoms with Crippen molar-refractivity contribution in [2.24, 2.45) is 11.3 Å². The van der Waals surface area contributed by atoms with E-state index in [-0.39, 0.29) is 17.2 Å². The van der Waals surface area contributed by atoms with E-state index < -0.39 is 0 Å². The van der Waals surface area contributed by atoms with Crippen LogP contribution in [0.2, 0.25) is 0 Å². The number of rotatable bonds is 1. The van der Waals surface area contributed by atoms with Crippen molar-refractivity contribution in [1.29, 1.82) is 5.26 Å². The summed E-state index contributed by atoms with van der Waals surface area (Å²) >= 11 is 0. The minimum absolute atomic E-state index is 0.0360. The number of pyridine rings is 1.